The molecule has 4 rings (SSSR count). The maximum Gasteiger partial charge on any atom is 0.404 e. The second kappa shape index (κ2) is 7.98. The molecule has 1 aliphatic carbocycles. The van der Waals surface area contributed by atoms with Crippen molar-refractivity contribution >= 4 is 17.7 Å². The van der Waals surface area contributed by atoms with Crippen LogP contribution in [0.2, 0.25) is 0 Å². The highest BCUT2D eigenvalue weighted by Gasteiger charge is 2.34. The average molecular weight is 396 g/mol. The SMILES string of the molecule is COc1ccc(-c2cnc(C(=O)N[C@H]3C[C@@H](OC(N)=O)C3)c(N3CCC3)c2)cc1. The Morgan fingerprint density at radius 3 is 2.48 bits per heavy atom. The van der Waals surface area contributed by atoms with E-state index in [0.717, 1.165) is 42.1 Å². The number of methoxy groups -OCH3 is 1. The van der Waals surface area contributed by atoms with Crippen molar-refractivity contribution in [3.63, 3.8) is 0 Å². The standard InChI is InChI=1S/C21H24N4O4/c1-28-16-5-3-13(4-6-16)14-9-18(25-7-2-8-25)19(23-12-14)20(26)24-15-10-17(11-15)29-21(22)27/h3-6,9,12,15,17H,2,7-8,10-11H2,1H3,(H2,22,27)(H,24,26)/t15-,17+. The first-order valence-corrected chi connectivity index (χ1v) is 9.70. The fraction of sp³-hybridized carbons (Fsp3) is 0.381. The van der Waals surface area contributed by atoms with E-state index in [-0.39, 0.29) is 18.1 Å². The maximum atomic E-state index is 12.8. The van der Waals surface area contributed by atoms with Crippen LogP contribution < -0.4 is 20.7 Å². The van der Waals surface area contributed by atoms with Crippen LogP contribution >= 0.6 is 0 Å². The van der Waals surface area contributed by atoms with E-state index in [1.54, 1.807) is 13.3 Å². The lowest BCUT2D eigenvalue weighted by molar-refractivity contribution is 0.0362. The lowest BCUT2D eigenvalue weighted by Gasteiger charge is -2.36. The minimum Gasteiger partial charge on any atom is -0.497 e. The highest BCUT2D eigenvalue weighted by atomic mass is 16.6. The lowest BCUT2D eigenvalue weighted by atomic mass is 9.89. The lowest BCUT2D eigenvalue weighted by Crippen LogP contribution is -2.49. The smallest absolute Gasteiger partial charge is 0.404 e. The molecule has 2 aliphatic rings. The quantitative estimate of drug-likeness (QED) is 0.776. The number of nitrogens with one attached hydrogen (secondary N) is 1. The summed E-state index contributed by atoms with van der Waals surface area (Å²) in [4.78, 5) is 30.3. The van der Waals surface area contributed by atoms with Gasteiger partial charge in [-0.1, -0.05) is 12.1 Å². The van der Waals surface area contributed by atoms with Gasteiger partial charge in [0, 0.05) is 43.7 Å². The molecule has 29 heavy (non-hydrogen) atoms. The average Bonchev–Trinajstić information content (AvgIpc) is 2.64. The second-order valence-electron chi connectivity index (χ2n) is 7.36. The molecule has 3 N–H and O–H groups in total. The van der Waals surface area contributed by atoms with Gasteiger partial charge >= 0.3 is 6.09 Å². The van der Waals surface area contributed by atoms with Crippen molar-refractivity contribution in [2.75, 3.05) is 25.1 Å². The summed E-state index contributed by atoms with van der Waals surface area (Å²) >= 11 is 0. The zero-order chi connectivity index (χ0) is 20.4. The van der Waals surface area contributed by atoms with Crippen molar-refractivity contribution in [2.24, 2.45) is 5.73 Å². The second-order valence-corrected chi connectivity index (χ2v) is 7.36. The van der Waals surface area contributed by atoms with Gasteiger partial charge in [0.05, 0.1) is 12.8 Å². The van der Waals surface area contributed by atoms with Crippen molar-refractivity contribution in [1.29, 1.82) is 0 Å². The summed E-state index contributed by atoms with van der Waals surface area (Å²) in [6.45, 7) is 1.82. The Bertz CT molecular complexity index is 905. The number of primary amides is 1. The van der Waals surface area contributed by atoms with Gasteiger partial charge in [0.1, 0.15) is 11.9 Å². The fourth-order valence-corrected chi connectivity index (χ4v) is 3.57. The number of nitrogens with two attached hydrogens (primary N) is 1. The number of benzene rings is 1. The molecule has 1 aromatic carbocycles. The number of amides is 2. The molecule has 0 unspecified atom stereocenters. The van der Waals surface area contributed by atoms with Gasteiger partial charge in [0.2, 0.25) is 0 Å². The Balaban J connectivity index is 1.50. The third kappa shape index (κ3) is 4.11. The summed E-state index contributed by atoms with van der Waals surface area (Å²) in [6, 6.07) is 9.73. The Labute approximate surface area is 169 Å². The van der Waals surface area contributed by atoms with E-state index < -0.39 is 6.09 Å². The van der Waals surface area contributed by atoms with E-state index >= 15 is 0 Å². The van der Waals surface area contributed by atoms with E-state index in [9.17, 15) is 9.59 Å². The third-order valence-electron chi connectivity index (χ3n) is 5.42. The monoisotopic (exact) mass is 396 g/mol. The van der Waals surface area contributed by atoms with Crippen LogP contribution in [-0.4, -0.2) is 49.3 Å². The van der Waals surface area contributed by atoms with Gasteiger partial charge in [0.15, 0.2) is 5.69 Å². The van der Waals surface area contributed by atoms with Crippen LogP contribution in [0.1, 0.15) is 29.8 Å². The Hall–Kier alpha value is -3.29. The number of carbonyl (C=O) groups is 2. The molecule has 1 aliphatic heterocycles. The number of pyridine rings is 1. The molecule has 2 amide bonds. The molecule has 1 saturated heterocycles. The number of rotatable bonds is 6. The summed E-state index contributed by atoms with van der Waals surface area (Å²) < 4.78 is 10.1. The van der Waals surface area contributed by atoms with E-state index in [0.29, 0.717) is 18.5 Å². The molecule has 1 aromatic heterocycles. The van der Waals surface area contributed by atoms with Gasteiger partial charge in [-0.15, -0.1) is 0 Å². The van der Waals surface area contributed by atoms with Crippen molar-refractivity contribution < 1.29 is 19.1 Å². The van der Waals surface area contributed by atoms with Crippen LogP contribution in [0.5, 0.6) is 5.75 Å². The van der Waals surface area contributed by atoms with Gasteiger partial charge in [-0.05, 0) is 30.2 Å². The molecule has 0 spiro atoms. The largest absolute Gasteiger partial charge is 0.497 e. The number of anilines is 1. The highest BCUT2D eigenvalue weighted by molar-refractivity contribution is 5.99. The minimum atomic E-state index is -0.782. The molecular formula is C21H24N4O4. The van der Waals surface area contributed by atoms with Crippen LogP contribution in [0.3, 0.4) is 0 Å². The molecule has 8 heteroatoms. The summed E-state index contributed by atoms with van der Waals surface area (Å²) in [5.74, 6) is 0.579. The van der Waals surface area contributed by atoms with Crippen LogP contribution in [0.4, 0.5) is 10.5 Å². The molecule has 2 aromatic rings. The molecule has 1 saturated carbocycles. The van der Waals surface area contributed by atoms with Crippen LogP contribution in [0.15, 0.2) is 36.5 Å². The number of aromatic nitrogens is 1. The zero-order valence-corrected chi connectivity index (χ0v) is 16.3. The molecular weight excluding hydrogens is 372 g/mol. The summed E-state index contributed by atoms with van der Waals surface area (Å²) in [5, 5.41) is 2.98. The minimum absolute atomic E-state index is 0.0424. The van der Waals surface area contributed by atoms with Crippen LogP contribution in [0.25, 0.3) is 11.1 Å². The van der Waals surface area contributed by atoms with Crippen molar-refractivity contribution in [2.45, 2.75) is 31.4 Å². The van der Waals surface area contributed by atoms with Crippen LogP contribution in [0, 0.1) is 0 Å². The predicted molar refractivity (Wildman–Crippen MR) is 108 cm³/mol. The zero-order valence-electron chi connectivity index (χ0n) is 16.3. The van der Waals surface area contributed by atoms with Gasteiger partial charge in [-0.2, -0.15) is 0 Å². The van der Waals surface area contributed by atoms with Crippen LogP contribution in [-0.2, 0) is 4.74 Å². The number of ether oxygens (including phenoxy) is 2. The van der Waals surface area contributed by atoms with E-state index in [2.05, 4.69) is 15.2 Å². The van der Waals surface area contributed by atoms with Crippen molar-refractivity contribution in [3.05, 3.63) is 42.2 Å². The Morgan fingerprint density at radius 2 is 1.90 bits per heavy atom. The first kappa shape index (κ1) is 19.0. The molecule has 0 atom stereocenters. The predicted octanol–water partition coefficient (Wildman–Crippen LogP) is 2.32. The molecule has 8 nitrogen and oxygen atoms in total. The van der Waals surface area contributed by atoms with Gasteiger partial charge < -0.3 is 25.4 Å². The van der Waals surface area contributed by atoms with E-state index in [4.69, 9.17) is 15.2 Å². The summed E-state index contributed by atoms with van der Waals surface area (Å²) in [7, 11) is 1.64. The molecule has 0 radical (unpaired) electrons. The van der Waals surface area contributed by atoms with E-state index in [1.807, 2.05) is 30.3 Å². The molecule has 0 bridgehead atoms. The normalized spacial score (nSPS) is 20.2. The maximum absolute atomic E-state index is 12.8. The van der Waals surface area contributed by atoms with Gasteiger partial charge in [0.25, 0.3) is 5.91 Å². The Morgan fingerprint density at radius 1 is 1.17 bits per heavy atom. The first-order valence-electron chi connectivity index (χ1n) is 9.70. The number of nitrogens with zero attached hydrogens (tertiary/aromatic N) is 2. The third-order valence-corrected chi connectivity index (χ3v) is 5.42. The summed E-state index contributed by atoms with van der Waals surface area (Å²) in [5.41, 5.74) is 8.24. The molecule has 152 valence electrons. The fourth-order valence-electron chi connectivity index (χ4n) is 3.57. The van der Waals surface area contributed by atoms with Crippen molar-refractivity contribution in [3.8, 4) is 16.9 Å². The van der Waals surface area contributed by atoms with Gasteiger partial charge in [-0.25, -0.2) is 9.78 Å². The highest BCUT2D eigenvalue weighted by Crippen LogP contribution is 2.31. The topological polar surface area (TPSA) is 107 Å². The first-order chi connectivity index (χ1) is 14.0. The number of hydrogen-bond donors (Lipinski definition) is 2. The summed E-state index contributed by atoms with van der Waals surface area (Å²) in [6.07, 6.45) is 2.95. The Kier molecular flexibility index (Phi) is 5.24. The molecule has 2 heterocycles. The van der Waals surface area contributed by atoms with Gasteiger partial charge in [-0.3, -0.25) is 4.79 Å². The van der Waals surface area contributed by atoms with E-state index in [1.165, 1.54) is 0 Å². The number of carbonyl (C=O) groups excluding carboxylic acids is 2. The molecule has 2 fully saturated rings. The number of hydrogen-bond acceptors (Lipinski definition) is 6. The van der Waals surface area contributed by atoms with Crippen molar-refractivity contribution in [1.82, 2.24) is 10.3 Å².